The van der Waals surface area contributed by atoms with Crippen LogP contribution in [0.2, 0.25) is 0 Å². The Morgan fingerprint density at radius 2 is 2.00 bits per heavy atom. The van der Waals surface area contributed by atoms with E-state index in [4.69, 9.17) is 4.74 Å². The van der Waals surface area contributed by atoms with E-state index in [1.54, 1.807) is 0 Å². The minimum absolute atomic E-state index is 0.0165. The highest BCUT2D eigenvalue weighted by molar-refractivity contribution is 5.81. The van der Waals surface area contributed by atoms with Gasteiger partial charge in [-0.3, -0.25) is 4.79 Å². The van der Waals surface area contributed by atoms with Crippen LogP contribution in [0.15, 0.2) is 18.2 Å². The monoisotopic (exact) mass is 318 g/mol. The van der Waals surface area contributed by atoms with E-state index in [-0.39, 0.29) is 11.9 Å². The number of piperidine rings is 1. The molecule has 1 amide bonds. The predicted octanol–water partition coefficient (Wildman–Crippen LogP) is 3.06. The molecule has 0 aromatic heterocycles. The second-order valence-electron chi connectivity index (χ2n) is 6.63. The summed E-state index contributed by atoms with van der Waals surface area (Å²) in [6, 6.07) is 6.22. The van der Waals surface area contributed by atoms with Crippen LogP contribution in [0.25, 0.3) is 0 Å². The standard InChI is InChI=1S/C19H30N2O2/c1-5-10-21-11-8-17(9-12-21)20-19(22)16(4)23-18-7-6-14(2)15(3)13-18/h6-7,13,16-17H,5,8-12H2,1-4H3,(H,20,22)/t16-/m1/s1. The molecule has 0 bridgehead atoms. The third-order valence-corrected chi connectivity index (χ3v) is 4.63. The van der Waals surface area contributed by atoms with Crippen molar-refractivity contribution in [1.82, 2.24) is 10.2 Å². The summed E-state index contributed by atoms with van der Waals surface area (Å²) in [4.78, 5) is 14.8. The van der Waals surface area contributed by atoms with Crippen LogP contribution < -0.4 is 10.1 Å². The van der Waals surface area contributed by atoms with Gasteiger partial charge in [0.15, 0.2) is 6.10 Å². The van der Waals surface area contributed by atoms with Gasteiger partial charge in [0.25, 0.3) is 5.91 Å². The third-order valence-electron chi connectivity index (χ3n) is 4.63. The van der Waals surface area contributed by atoms with Gasteiger partial charge in [0.05, 0.1) is 0 Å². The molecule has 0 radical (unpaired) electrons. The molecule has 1 N–H and O–H groups in total. The van der Waals surface area contributed by atoms with Crippen molar-refractivity contribution in [2.75, 3.05) is 19.6 Å². The lowest BCUT2D eigenvalue weighted by molar-refractivity contribution is -0.128. The molecule has 0 unspecified atom stereocenters. The topological polar surface area (TPSA) is 41.6 Å². The quantitative estimate of drug-likeness (QED) is 0.876. The molecule has 0 aliphatic carbocycles. The van der Waals surface area contributed by atoms with Gasteiger partial charge in [-0.1, -0.05) is 13.0 Å². The Hall–Kier alpha value is -1.55. The molecule has 128 valence electrons. The highest BCUT2D eigenvalue weighted by Crippen LogP contribution is 2.18. The number of aryl methyl sites for hydroxylation is 2. The highest BCUT2D eigenvalue weighted by Gasteiger charge is 2.23. The van der Waals surface area contributed by atoms with E-state index in [9.17, 15) is 4.79 Å². The van der Waals surface area contributed by atoms with Crippen molar-refractivity contribution in [3.8, 4) is 5.75 Å². The number of hydrogen-bond acceptors (Lipinski definition) is 3. The lowest BCUT2D eigenvalue weighted by Crippen LogP contribution is -2.48. The van der Waals surface area contributed by atoms with Crippen molar-refractivity contribution in [1.29, 1.82) is 0 Å². The van der Waals surface area contributed by atoms with Crippen LogP contribution in [0.3, 0.4) is 0 Å². The molecule has 4 nitrogen and oxygen atoms in total. The number of ether oxygens (including phenoxy) is 1. The first-order valence-electron chi connectivity index (χ1n) is 8.76. The smallest absolute Gasteiger partial charge is 0.260 e. The van der Waals surface area contributed by atoms with Gasteiger partial charge in [0.2, 0.25) is 0 Å². The summed E-state index contributed by atoms with van der Waals surface area (Å²) in [5, 5.41) is 3.14. The maximum atomic E-state index is 12.3. The van der Waals surface area contributed by atoms with E-state index >= 15 is 0 Å². The van der Waals surface area contributed by atoms with Crippen LogP contribution in [0.5, 0.6) is 5.75 Å². The van der Waals surface area contributed by atoms with Crippen molar-refractivity contribution in [3.05, 3.63) is 29.3 Å². The molecule has 1 aliphatic rings. The first kappa shape index (κ1) is 17.8. The summed E-state index contributed by atoms with van der Waals surface area (Å²) >= 11 is 0. The lowest BCUT2D eigenvalue weighted by Gasteiger charge is -2.32. The van der Waals surface area contributed by atoms with E-state index in [1.165, 1.54) is 17.5 Å². The lowest BCUT2D eigenvalue weighted by atomic mass is 10.0. The average Bonchev–Trinajstić information content (AvgIpc) is 2.53. The number of likely N-dealkylation sites (tertiary alicyclic amines) is 1. The minimum Gasteiger partial charge on any atom is -0.481 e. The summed E-state index contributed by atoms with van der Waals surface area (Å²) in [5.74, 6) is 0.741. The van der Waals surface area contributed by atoms with Crippen molar-refractivity contribution < 1.29 is 9.53 Å². The van der Waals surface area contributed by atoms with Crippen LogP contribution in [0, 0.1) is 13.8 Å². The molecule has 1 aromatic rings. The molecular weight excluding hydrogens is 288 g/mol. The first-order valence-corrected chi connectivity index (χ1v) is 8.76. The van der Waals surface area contributed by atoms with Gasteiger partial charge in [-0.05, 0) is 69.8 Å². The van der Waals surface area contributed by atoms with E-state index in [0.717, 1.165) is 38.2 Å². The molecule has 1 atom stereocenters. The number of carbonyl (C=O) groups excluding carboxylic acids is 1. The van der Waals surface area contributed by atoms with E-state index in [1.807, 2.05) is 25.1 Å². The second-order valence-corrected chi connectivity index (χ2v) is 6.63. The molecule has 1 heterocycles. The number of benzene rings is 1. The number of hydrogen-bond donors (Lipinski definition) is 1. The Balaban J connectivity index is 1.80. The number of nitrogens with zero attached hydrogens (tertiary/aromatic N) is 1. The average molecular weight is 318 g/mol. The van der Waals surface area contributed by atoms with Gasteiger partial charge in [-0.15, -0.1) is 0 Å². The maximum absolute atomic E-state index is 12.3. The van der Waals surface area contributed by atoms with E-state index in [0.29, 0.717) is 0 Å². The number of rotatable bonds is 6. The van der Waals surface area contributed by atoms with Crippen LogP contribution in [0.4, 0.5) is 0 Å². The highest BCUT2D eigenvalue weighted by atomic mass is 16.5. The fourth-order valence-electron chi connectivity index (χ4n) is 2.98. The Bertz CT molecular complexity index is 522. The van der Waals surface area contributed by atoms with Crippen molar-refractivity contribution in [3.63, 3.8) is 0 Å². The zero-order chi connectivity index (χ0) is 16.8. The Morgan fingerprint density at radius 1 is 1.30 bits per heavy atom. The second kappa shape index (κ2) is 8.34. The van der Waals surface area contributed by atoms with Crippen molar-refractivity contribution >= 4 is 5.91 Å². The van der Waals surface area contributed by atoms with Gasteiger partial charge >= 0.3 is 0 Å². The van der Waals surface area contributed by atoms with Crippen molar-refractivity contribution in [2.24, 2.45) is 0 Å². The number of nitrogens with one attached hydrogen (secondary N) is 1. The van der Waals surface area contributed by atoms with E-state index in [2.05, 4.69) is 31.0 Å². The molecule has 0 spiro atoms. The fourth-order valence-corrected chi connectivity index (χ4v) is 2.98. The van der Waals surface area contributed by atoms with Crippen LogP contribution in [0.1, 0.15) is 44.2 Å². The molecule has 2 rings (SSSR count). The molecule has 1 aromatic carbocycles. The first-order chi connectivity index (χ1) is 11.0. The van der Waals surface area contributed by atoms with E-state index < -0.39 is 6.10 Å². The van der Waals surface area contributed by atoms with Crippen LogP contribution in [-0.2, 0) is 4.79 Å². The van der Waals surface area contributed by atoms with Crippen LogP contribution >= 0.6 is 0 Å². The molecule has 1 aliphatic heterocycles. The summed E-state index contributed by atoms with van der Waals surface area (Å²) in [6.45, 7) is 11.5. The molecule has 4 heteroatoms. The number of amides is 1. The summed E-state index contributed by atoms with van der Waals surface area (Å²) in [7, 11) is 0. The summed E-state index contributed by atoms with van der Waals surface area (Å²) < 4.78 is 5.79. The minimum atomic E-state index is -0.467. The summed E-state index contributed by atoms with van der Waals surface area (Å²) in [6.07, 6.45) is 2.79. The van der Waals surface area contributed by atoms with Crippen molar-refractivity contribution in [2.45, 2.75) is 59.1 Å². The largest absolute Gasteiger partial charge is 0.481 e. The zero-order valence-electron chi connectivity index (χ0n) is 14.9. The van der Waals surface area contributed by atoms with Gasteiger partial charge < -0.3 is 15.0 Å². The Labute approximate surface area is 140 Å². The molecule has 1 fully saturated rings. The number of carbonyl (C=O) groups is 1. The zero-order valence-corrected chi connectivity index (χ0v) is 14.9. The predicted molar refractivity (Wildman–Crippen MR) is 93.9 cm³/mol. The molecule has 1 saturated heterocycles. The van der Waals surface area contributed by atoms with Gasteiger partial charge in [0, 0.05) is 19.1 Å². The SMILES string of the molecule is CCCN1CCC(NC(=O)[C@@H](C)Oc2ccc(C)c(C)c2)CC1. The molecular formula is C19H30N2O2. The normalized spacial score (nSPS) is 17.7. The van der Waals surface area contributed by atoms with Gasteiger partial charge in [0.1, 0.15) is 5.75 Å². The third kappa shape index (κ3) is 5.24. The summed E-state index contributed by atoms with van der Waals surface area (Å²) in [5.41, 5.74) is 2.41. The maximum Gasteiger partial charge on any atom is 0.260 e. The van der Waals surface area contributed by atoms with Crippen LogP contribution in [-0.4, -0.2) is 42.6 Å². The Kier molecular flexibility index (Phi) is 6.46. The van der Waals surface area contributed by atoms with Gasteiger partial charge in [-0.2, -0.15) is 0 Å². The Morgan fingerprint density at radius 3 is 2.61 bits per heavy atom. The molecule has 0 saturated carbocycles. The fraction of sp³-hybridized carbons (Fsp3) is 0.632. The molecule has 23 heavy (non-hydrogen) atoms. The van der Waals surface area contributed by atoms with Gasteiger partial charge in [-0.25, -0.2) is 0 Å².